The molecule has 0 saturated carbocycles. The van der Waals surface area contributed by atoms with Crippen LogP contribution in [0.1, 0.15) is 31.3 Å². The predicted molar refractivity (Wildman–Crippen MR) is 65.2 cm³/mol. The van der Waals surface area contributed by atoms with E-state index >= 15 is 0 Å². The Labute approximate surface area is 96.6 Å². The monoisotopic (exact) mass is 217 g/mol. The fraction of sp³-hybridized carbons (Fsp3) is 0.615. The van der Waals surface area contributed by atoms with Gasteiger partial charge in [0.1, 0.15) is 5.82 Å². The highest BCUT2D eigenvalue weighted by Gasteiger charge is 2.18. The van der Waals surface area contributed by atoms with Crippen LogP contribution >= 0.6 is 0 Å². The first-order chi connectivity index (χ1) is 7.84. The van der Waals surface area contributed by atoms with E-state index in [1.54, 1.807) is 0 Å². The predicted octanol–water partition coefficient (Wildman–Crippen LogP) is 1.84. The third-order valence-electron chi connectivity index (χ3n) is 3.56. The van der Waals surface area contributed by atoms with Crippen molar-refractivity contribution in [2.75, 3.05) is 13.1 Å². The standard InChI is InChI=1S/C13H19N3/c1-10-6-11(8-14-7-10)13-15-9-12-4-2-3-5-16(12)13/h6,9-10,14H,2-5,7-8H2,1H3/t10-/m0/s1. The second kappa shape index (κ2) is 4.06. The minimum absolute atomic E-state index is 0.625. The van der Waals surface area contributed by atoms with E-state index in [-0.39, 0.29) is 0 Å². The van der Waals surface area contributed by atoms with Crippen LogP contribution in [0.4, 0.5) is 0 Å². The number of aryl methyl sites for hydroxylation is 1. The van der Waals surface area contributed by atoms with Gasteiger partial charge in [-0.1, -0.05) is 13.0 Å². The van der Waals surface area contributed by atoms with Gasteiger partial charge < -0.3 is 9.88 Å². The SMILES string of the molecule is C[C@H]1C=C(c2ncc3n2CCCC3)CNC1. The van der Waals surface area contributed by atoms with Crippen LogP contribution in [0.2, 0.25) is 0 Å². The molecule has 0 bridgehead atoms. The third kappa shape index (κ3) is 1.69. The highest BCUT2D eigenvalue weighted by molar-refractivity contribution is 5.63. The molecular formula is C13H19N3. The van der Waals surface area contributed by atoms with Gasteiger partial charge in [-0.2, -0.15) is 0 Å². The van der Waals surface area contributed by atoms with Crippen LogP contribution in [0.5, 0.6) is 0 Å². The van der Waals surface area contributed by atoms with Crippen LogP contribution < -0.4 is 5.32 Å². The van der Waals surface area contributed by atoms with Gasteiger partial charge >= 0.3 is 0 Å². The number of hydrogen-bond acceptors (Lipinski definition) is 2. The van der Waals surface area contributed by atoms with Crippen molar-refractivity contribution in [3.05, 3.63) is 23.8 Å². The quantitative estimate of drug-likeness (QED) is 0.778. The normalized spacial score (nSPS) is 25.1. The molecule has 1 aromatic heterocycles. The maximum Gasteiger partial charge on any atom is 0.137 e. The Bertz CT molecular complexity index is 417. The molecule has 0 radical (unpaired) electrons. The number of imidazole rings is 1. The topological polar surface area (TPSA) is 29.9 Å². The van der Waals surface area contributed by atoms with Gasteiger partial charge in [-0.15, -0.1) is 0 Å². The van der Waals surface area contributed by atoms with Crippen molar-refractivity contribution in [1.82, 2.24) is 14.9 Å². The first kappa shape index (κ1) is 10.1. The molecule has 0 spiro atoms. The molecule has 2 aliphatic heterocycles. The second-order valence-electron chi connectivity index (χ2n) is 4.98. The molecule has 0 aromatic carbocycles. The Balaban J connectivity index is 1.97. The summed E-state index contributed by atoms with van der Waals surface area (Å²) in [7, 11) is 0. The number of rotatable bonds is 1. The molecule has 2 aliphatic rings. The molecule has 3 heteroatoms. The summed E-state index contributed by atoms with van der Waals surface area (Å²) in [5, 5.41) is 3.46. The van der Waals surface area contributed by atoms with Gasteiger partial charge in [0.2, 0.25) is 0 Å². The van der Waals surface area contributed by atoms with E-state index in [0.717, 1.165) is 19.6 Å². The maximum atomic E-state index is 4.61. The second-order valence-corrected chi connectivity index (χ2v) is 4.98. The molecule has 3 rings (SSSR count). The zero-order chi connectivity index (χ0) is 11.0. The lowest BCUT2D eigenvalue weighted by atomic mass is 10.0. The van der Waals surface area contributed by atoms with Gasteiger partial charge in [0.05, 0.1) is 0 Å². The molecule has 3 heterocycles. The molecule has 0 unspecified atom stereocenters. The van der Waals surface area contributed by atoms with Crippen molar-refractivity contribution >= 4 is 5.57 Å². The molecule has 0 aliphatic carbocycles. The van der Waals surface area contributed by atoms with Crippen LogP contribution in [0.3, 0.4) is 0 Å². The molecule has 1 atom stereocenters. The number of aromatic nitrogens is 2. The molecule has 1 aromatic rings. The van der Waals surface area contributed by atoms with Gasteiger partial charge in [-0.25, -0.2) is 4.98 Å². The van der Waals surface area contributed by atoms with Crippen LogP contribution in [-0.2, 0) is 13.0 Å². The van der Waals surface area contributed by atoms with E-state index in [2.05, 4.69) is 34.1 Å². The van der Waals surface area contributed by atoms with E-state index in [1.165, 1.54) is 36.4 Å². The van der Waals surface area contributed by atoms with Crippen molar-refractivity contribution in [2.45, 2.75) is 32.7 Å². The number of nitrogens with zero attached hydrogens (tertiary/aromatic N) is 2. The molecule has 1 N–H and O–H groups in total. The molecule has 86 valence electrons. The van der Waals surface area contributed by atoms with Crippen molar-refractivity contribution in [3.8, 4) is 0 Å². The fourth-order valence-corrected chi connectivity index (χ4v) is 2.74. The number of fused-ring (bicyclic) bond motifs is 1. The zero-order valence-corrected chi connectivity index (χ0v) is 9.87. The van der Waals surface area contributed by atoms with E-state index in [4.69, 9.17) is 0 Å². The fourth-order valence-electron chi connectivity index (χ4n) is 2.74. The summed E-state index contributed by atoms with van der Waals surface area (Å²) in [4.78, 5) is 4.61. The minimum Gasteiger partial charge on any atom is -0.328 e. The molecule has 16 heavy (non-hydrogen) atoms. The molecule has 0 amide bonds. The van der Waals surface area contributed by atoms with Crippen molar-refractivity contribution in [2.24, 2.45) is 5.92 Å². The lowest BCUT2D eigenvalue weighted by molar-refractivity contribution is 0.524. The smallest absolute Gasteiger partial charge is 0.137 e. The van der Waals surface area contributed by atoms with E-state index < -0.39 is 0 Å². The summed E-state index contributed by atoms with van der Waals surface area (Å²) in [6.07, 6.45) is 8.25. The Hall–Kier alpha value is -1.09. The first-order valence-corrected chi connectivity index (χ1v) is 6.31. The Kier molecular flexibility index (Phi) is 2.56. The van der Waals surface area contributed by atoms with Crippen molar-refractivity contribution < 1.29 is 0 Å². The highest BCUT2D eigenvalue weighted by Crippen LogP contribution is 2.23. The minimum atomic E-state index is 0.625. The van der Waals surface area contributed by atoms with E-state index in [1.807, 2.05) is 0 Å². The lowest BCUT2D eigenvalue weighted by Crippen LogP contribution is -2.28. The average Bonchev–Trinajstić information content (AvgIpc) is 2.72. The van der Waals surface area contributed by atoms with Crippen LogP contribution in [0.25, 0.3) is 5.57 Å². The third-order valence-corrected chi connectivity index (χ3v) is 3.56. The largest absolute Gasteiger partial charge is 0.328 e. The Morgan fingerprint density at radius 2 is 2.38 bits per heavy atom. The van der Waals surface area contributed by atoms with Gasteiger partial charge in [0.25, 0.3) is 0 Å². The van der Waals surface area contributed by atoms with Crippen LogP contribution in [0.15, 0.2) is 12.3 Å². The van der Waals surface area contributed by atoms with Gasteiger partial charge in [0.15, 0.2) is 0 Å². The summed E-state index contributed by atoms with van der Waals surface area (Å²) in [5.74, 6) is 1.83. The van der Waals surface area contributed by atoms with Crippen LogP contribution in [-0.4, -0.2) is 22.6 Å². The van der Waals surface area contributed by atoms with Gasteiger partial charge in [-0.3, -0.25) is 0 Å². The Morgan fingerprint density at radius 1 is 1.44 bits per heavy atom. The molecular weight excluding hydrogens is 198 g/mol. The lowest BCUT2D eigenvalue weighted by Gasteiger charge is -2.22. The summed E-state index contributed by atoms with van der Waals surface area (Å²) < 4.78 is 2.41. The number of hydrogen-bond donors (Lipinski definition) is 1. The van der Waals surface area contributed by atoms with E-state index in [0.29, 0.717) is 5.92 Å². The molecule has 3 nitrogen and oxygen atoms in total. The van der Waals surface area contributed by atoms with Crippen LogP contribution in [0, 0.1) is 5.92 Å². The summed E-state index contributed by atoms with van der Waals surface area (Å²) >= 11 is 0. The maximum absolute atomic E-state index is 4.61. The summed E-state index contributed by atoms with van der Waals surface area (Å²) in [6.45, 7) is 5.47. The van der Waals surface area contributed by atoms with Crippen molar-refractivity contribution in [1.29, 1.82) is 0 Å². The summed E-state index contributed by atoms with van der Waals surface area (Å²) in [6, 6.07) is 0. The average molecular weight is 217 g/mol. The van der Waals surface area contributed by atoms with E-state index in [9.17, 15) is 0 Å². The van der Waals surface area contributed by atoms with Crippen molar-refractivity contribution in [3.63, 3.8) is 0 Å². The molecule has 0 saturated heterocycles. The first-order valence-electron chi connectivity index (χ1n) is 6.31. The van der Waals surface area contributed by atoms with Gasteiger partial charge in [0, 0.05) is 37.1 Å². The Morgan fingerprint density at radius 3 is 3.25 bits per heavy atom. The van der Waals surface area contributed by atoms with Gasteiger partial charge in [-0.05, 0) is 25.2 Å². The highest BCUT2D eigenvalue weighted by atomic mass is 15.1. The number of nitrogens with one attached hydrogen (secondary N) is 1. The molecule has 0 fully saturated rings. The zero-order valence-electron chi connectivity index (χ0n) is 9.87. The summed E-state index contributed by atoms with van der Waals surface area (Å²) in [5.41, 5.74) is 2.80.